The predicted molar refractivity (Wildman–Crippen MR) is 80.1 cm³/mol. The number of hydrogen-bond donors (Lipinski definition) is 1. The molecule has 0 saturated carbocycles. The van der Waals surface area contributed by atoms with Crippen molar-refractivity contribution in [1.29, 1.82) is 0 Å². The van der Waals surface area contributed by atoms with Crippen molar-refractivity contribution >= 4 is 0 Å². The minimum absolute atomic E-state index is 0.367. The normalized spacial score (nSPS) is 12.2. The lowest BCUT2D eigenvalue weighted by molar-refractivity contribution is 0.0312. The highest BCUT2D eigenvalue weighted by Crippen LogP contribution is 2.24. The topological polar surface area (TPSA) is 20.2 Å². The highest BCUT2D eigenvalue weighted by Gasteiger charge is 2.26. The maximum absolute atomic E-state index is 11.0. The van der Waals surface area contributed by atoms with Crippen LogP contribution in [0, 0.1) is 0 Å². The molecule has 100 valence electrons. The molecule has 0 spiro atoms. The molecular weight excluding hydrogens is 232 g/mol. The van der Waals surface area contributed by atoms with Crippen LogP contribution in [0.2, 0.25) is 0 Å². The fourth-order valence-electron chi connectivity index (χ4n) is 2.52. The Labute approximate surface area is 117 Å². The van der Waals surface area contributed by atoms with E-state index in [0.29, 0.717) is 26.2 Å². The van der Waals surface area contributed by atoms with Crippen LogP contribution in [-0.4, -0.2) is 10.7 Å². The Bertz CT molecular complexity index is 454. The number of benzene rings is 2. The minimum atomic E-state index is -0.760. The Hall–Kier alpha value is -1.60. The van der Waals surface area contributed by atoms with Crippen molar-refractivity contribution in [1.82, 2.24) is 0 Å². The molecule has 1 nitrogen and oxygen atoms in total. The van der Waals surface area contributed by atoms with Gasteiger partial charge in [-0.05, 0) is 17.5 Å². The maximum Gasteiger partial charge on any atom is 0.0728 e. The third-order valence-corrected chi connectivity index (χ3v) is 3.39. The minimum Gasteiger partial charge on any atom is -0.389 e. The van der Waals surface area contributed by atoms with E-state index in [9.17, 15) is 5.11 Å². The van der Waals surface area contributed by atoms with E-state index < -0.39 is 5.60 Å². The maximum atomic E-state index is 11.0. The molecule has 2 rings (SSSR count). The van der Waals surface area contributed by atoms with Crippen molar-refractivity contribution < 1.29 is 6.48 Å². The van der Waals surface area contributed by atoms with E-state index in [1.807, 2.05) is 36.4 Å². The van der Waals surface area contributed by atoms with Gasteiger partial charge < -0.3 is 5.11 Å². The van der Waals surface area contributed by atoms with Crippen molar-refractivity contribution in [3.05, 3.63) is 71.8 Å². The molecule has 0 saturated heterocycles. The van der Waals surface area contributed by atoms with Crippen molar-refractivity contribution in [2.45, 2.75) is 38.2 Å². The van der Waals surface area contributed by atoms with Gasteiger partial charge in [-0.2, -0.15) is 0 Å². The van der Waals surface area contributed by atoms with Crippen molar-refractivity contribution in [3.63, 3.8) is 0 Å². The Balaban J connectivity index is 2.12. The first-order chi connectivity index (χ1) is 9.72. The Morgan fingerprint density at radius 3 is 1.79 bits per heavy atom. The summed E-state index contributed by atoms with van der Waals surface area (Å²) < 4.78 is 7.33. The molecule has 0 radical (unpaired) electrons. The van der Waals surface area contributed by atoms with E-state index in [0.717, 1.165) is 17.5 Å². The van der Waals surface area contributed by atoms with E-state index in [2.05, 4.69) is 24.3 Å². The molecule has 0 bridgehead atoms. The average molecular weight is 255 g/mol. The molecule has 0 heterocycles. The molecule has 0 unspecified atom stereocenters. The van der Waals surface area contributed by atoms with Crippen LogP contribution >= 0.6 is 0 Å². The molecule has 2 aromatic carbocycles. The molecule has 0 aliphatic rings. The van der Waals surface area contributed by atoms with Crippen molar-refractivity contribution in [3.8, 4) is 0 Å². The van der Waals surface area contributed by atoms with Gasteiger partial charge in [-0.3, -0.25) is 0 Å². The van der Waals surface area contributed by atoms with Gasteiger partial charge in [0.2, 0.25) is 0 Å². The van der Waals surface area contributed by atoms with Crippen LogP contribution in [0.1, 0.15) is 32.2 Å². The zero-order valence-corrected chi connectivity index (χ0v) is 11.3. The molecule has 0 aromatic heterocycles. The second-order valence-corrected chi connectivity index (χ2v) is 5.15. The zero-order valence-electron chi connectivity index (χ0n) is 12.3. The highest BCUT2D eigenvalue weighted by atomic mass is 16.3. The van der Waals surface area contributed by atoms with E-state index in [1.54, 1.807) is 0 Å². The van der Waals surface area contributed by atoms with Crippen molar-refractivity contribution in [2.75, 3.05) is 0 Å². The molecule has 0 atom stereocenters. The summed E-state index contributed by atoms with van der Waals surface area (Å²) in [4.78, 5) is 0. The summed E-state index contributed by atoms with van der Waals surface area (Å²) in [5.41, 5.74) is 1.54. The lowest BCUT2D eigenvalue weighted by Gasteiger charge is -2.28. The second-order valence-electron chi connectivity index (χ2n) is 5.15. The fourth-order valence-corrected chi connectivity index (χ4v) is 2.52. The molecular formula is C18H22O. The summed E-state index contributed by atoms with van der Waals surface area (Å²) in [6.45, 7) is 0.367. The smallest absolute Gasteiger partial charge is 0.0728 e. The Morgan fingerprint density at radius 2 is 1.37 bits per heavy atom. The molecule has 0 aliphatic heterocycles. The largest absolute Gasteiger partial charge is 0.389 e. The Morgan fingerprint density at radius 1 is 0.895 bits per heavy atom. The van der Waals surface area contributed by atoms with Crippen LogP contribution in [0.3, 0.4) is 0 Å². The zero-order chi connectivity index (χ0) is 14.3. The SMILES string of the molecule is [2H]CCCC(O)(Cc1ccccc1)Cc1ccccc1. The van der Waals surface area contributed by atoms with Gasteiger partial charge in [0.1, 0.15) is 0 Å². The standard InChI is InChI=1S/C18H22O/c1-2-13-18(19,14-16-9-5-3-6-10-16)15-17-11-7-4-8-12-17/h3-12,19H,2,13-15H2,1H3/i1D. The van der Waals surface area contributed by atoms with Crippen LogP contribution in [-0.2, 0) is 12.8 Å². The highest BCUT2D eigenvalue weighted by molar-refractivity contribution is 5.21. The molecule has 2 aromatic rings. The van der Waals surface area contributed by atoms with Gasteiger partial charge in [0, 0.05) is 14.2 Å². The molecule has 1 heteroatoms. The van der Waals surface area contributed by atoms with E-state index in [-0.39, 0.29) is 0 Å². The van der Waals surface area contributed by atoms with Crippen LogP contribution in [0.5, 0.6) is 0 Å². The number of aliphatic hydroxyl groups is 1. The summed E-state index contributed by atoms with van der Waals surface area (Å²) in [6, 6.07) is 20.2. The lowest BCUT2D eigenvalue weighted by Crippen LogP contribution is -2.34. The number of rotatable bonds is 6. The molecule has 1 N–H and O–H groups in total. The van der Waals surface area contributed by atoms with E-state index in [1.165, 1.54) is 0 Å². The lowest BCUT2D eigenvalue weighted by atomic mass is 9.84. The van der Waals surface area contributed by atoms with Crippen LogP contribution < -0.4 is 0 Å². The van der Waals surface area contributed by atoms with Gasteiger partial charge in [-0.25, -0.2) is 0 Å². The first kappa shape index (κ1) is 12.4. The second kappa shape index (κ2) is 6.53. The third kappa shape index (κ3) is 4.22. The summed E-state index contributed by atoms with van der Waals surface area (Å²) in [7, 11) is 0. The summed E-state index contributed by atoms with van der Waals surface area (Å²) in [5, 5.41) is 11.0. The van der Waals surface area contributed by atoms with Crippen LogP contribution in [0.25, 0.3) is 0 Å². The van der Waals surface area contributed by atoms with Gasteiger partial charge in [0.25, 0.3) is 0 Å². The summed E-state index contributed by atoms with van der Waals surface area (Å²) in [6.07, 6.45) is 2.68. The molecule has 0 fully saturated rings. The molecule has 19 heavy (non-hydrogen) atoms. The van der Waals surface area contributed by atoms with E-state index >= 15 is 0 Å². The van der Waals surface area contributed by atoms with E-state index in [4.69, 9.17) is 1.37 Å². The predicted octanol–water partition coefficient (Wildman–Crippen LogP) is 4.00. The van der Waals surface area contributed by atoms with Gasteiger partial charge in [-0.1, -0.05) is 74.0 Å². The fraction of sp³-hybridized carbons (Fsp3) is 0.333. The number of hydrogen-bond acceptors (Lipinski definition) is 1. The summed E-state index contributed by atoms with van der Waals surface area (Å²) >= 11 is 0. The van der Waals surface area contributed by atoms with Gasteiger partial charge >= 0.3 is 0 Å². The van der Waals surface area contributed by atoms with Crippen LogP contribution in [0.15, 0.2) is 60.7 Å². The first-order valence-electron chi connectivity index (χ1n) is 7.52. The van der Waals surface area contributed by atoms with Gasteiger partial charge in [-0.15, -0.1) is 0 Å². The third-order valence-electron chi connectivity index (χ3n) is 3.39. The average Bonchev–Trinajstić information content (AvgIpc) is 2.47. The van der Waals surface area contributed by atoms with Crippen molar-refractivity contribution in [2.24, 2.45) is 0 Å². The quantitative estimate of drug-likeness (QED) is 0.827. The van der Waals surface area contributed by atoms with Crippen LogP contribution in [0.4, 0.5) is 0 Å². The monoisotopic (exact) mass is 255 g/mol. The Kier molecular flexibility index (Phi) is 4.28. The summed E-state index contributed by atoms with van der Waals surface area (Å²) in [5.74, 6) is 0. The molecule has 0 aliphatic carbocycles. The molecule has 0 amide bonds. The first-order valence-corrected chi connectivity index (χ1v) is 6.81. The van der Waals surface area contributed by atoms with Gasteiger partial charge in [0.15, 0.2) is 0 Å². The van der Waals surface area contributed by atoms with Gasteiger partial charge in [0.05, 0.1) is 5.60 Å².